The van der Waals surface area contributed by atoms with E-state index in [1.807, 2.05) is 0 Å². The smallest absolute Gasteiger partial charge is 0.125 e. The molecule has 0 aromatic carbocycles. The third-order valence-electron chi connectivity index (χ3n) is 2.50. The summed E-state index contributed by atoms with van der Waals surface area (Å²) in [5.74, 6) is 5.79. The summed E-state index contributed by atoms with van der Waals surface area (Å²) in [5, 5.41) is 10.2. The van der Waals surface area contributed by atoms with Gasteiger partial charge in [0.25, 0.3) is 0 Å². The van der Waals surface area contributed by atoms with Crippen molar-refractivity contribution in [3.05, 3.63) is 12.3 Å². The second kappa shape index (κ2) is 10.2. The van der Waals surface area contributed by atoms with E-state index in [1.54, 1.807) is 12.3 Å². The summed E-state index contributed by atoms with van der Waals surface area (Å²) in [6.45, 7) is 6.99. The van der Waals surface area contributed by atoms with Gasteiger partial charge in [-0.1, -0.05) is 51.9 Å². The van der Waals surface area contributed by atoms with E-state index in [0.717, 1.165) is 45.1 Å². The molecule has 0 saturated heterocycles. The summed E-state index contributed by atoms with van der Waals surface area (Å²) >= 11 is 0. The lowest BCUT2D eigenvalue weighted by Crippen LogP contribution is -2.25. The number of ether oxygens (including phenoxy) is 1. The number of hydrogen-bond donors (Lipinski definition) is 1. The lowest BCUT2D eigenvalue weighted by molar-refractivity contribution is 0.0807. The molecule has 0 aromatic rings. The molecule has 0 radical (unpaired) electrons. The highest BCUT2D eigenvalue weighted by Crippen LogP contribution is 2.18. The molecule has 0 atom stereocenters. The van der Waals surface area contributed by atoms with Crippen LogP contribution in [0, 0.1) is 11.8 Å². The van der Waals surface area contributed by atoms with Gasteiger partial charge in [-0.15, -0.1) is 0 Å². The predicted octanol–water partition coefficient (Wildman–Crippen LogP) is 3.65. The van der Waals surface area contributed by atoms with Gasteiger partial charge in [0.1, 0.15) is 5.60 Å². The molecule has 0 aliphatic heterocycles. The highest BCUT2D eigenvalue weighted by atomic mass is 16.5. The average Bonchev–Trinajstić information content (AvgIpc) is 2.28. The third kappa shape index (κ3) is 8.83. The maximum atomic E-state index is 10.2. The number of unbranched alkanes of at least 4 members (excludes halogenated alkanes) is 1. The molecule has 0 aromatic heterocycles. The van der Waals surface area contributed by atoms with Gasteiger partial charge in [-0.2, -0.15) is 0 Å². The van der Waals surface area contributed by atoms with Crippen molar-refractivity contribution in [1.29, 1.82) is 0 Å². The van der Waals surface area contributed by atoms with Crippen LogP contribution in [-0.4, -0.2) is 17.3 Å². The van der Waals surface area contributed by atoms with E-state index in [9.17, 15) is 5.11 Å². The largest absolute Gasteiger partial charge is 0.501 e. The van der Waals surface area contributed by atoms with Crippen LogP contribution in [0.1, 0.15) is 59.3 Å². The highest BCUT2D eigenvalue weighted by Gasteiger charge is 2.20. The first-order chi connectivity index (χ1) is 8.18. The quantitative estimate of drug-likeness (QED) is 0.397. The first-order valence-electron chi connectivity index (χ1n) is 6.70. The minimum Gasteiger partial charge on any atom is -0.501 e. The van der Waals surface area contributed by atoms with Crippen LogP contribution in [0.3, 0.4) is 0 Å². The Balaban J connectivity index is 4.08. The Bertz CT molecular complexity index is 252. The second-order valence-corrected chi connectivity index (χ2v) is 4.33. The molecule has 0 fully saturated rings. The molecule has 0 amide bonds. The van der Waals surface area contributed by atoms with E-state index in [-0.39, 0.29) is 0 Å². The normalized spacial score (nSPS) is 11.3. The molecule has 98 valence electrons. The molecule has 0 spiro atoms. The van der Waals surface area contributed by atoms with E-state index in [1.165, 1.54) is 0 Å². The maximum Gasteiger partial charge on any atom is 0.125 e. The maximum absolute atomic E-state index is 10.2. The van der Waals surface area contributed by atoms with Crippen molar-refractivity contribution < 1.29 is 9.84 Å². The Morgan fingerprint density at radius 1 is 1.12 bits per heavy atom. The zero-order valence-corrected chi connectivity index (χ0v) is 11.5. The molecule has 0 rings (SSSR count). The average molecular weight is 238 g/mol. The molecule has 2 heteroatoms. The van der Waals surface area contributed by atoms with Gasteiger partial charge in [0.2, 0.25) is 0 Å². The van der Waals surface area contributed by atoms with Crippen LogP contribution < -0.4 is 0 Å². The number of allylic oxidation sites excluding steroid dienone is 1. The fourth-order valence-corrected chi connectivity index (χ4v) is 1.63. The monoisotopic (exact) mass is 238 g/mol. The Kier molecular flexibility index (Phi) is 9.66. The van der Waals surface area contributed by atoms with E-state index < -0.39 is 5.60 Å². The van der Waals surface area contributed by atoms with Gasteiger partial charge in [-0.25, -0.2) is 0 Å². The molecule has 0 aliphatic rings. The first-order valence-corrected chi connectivity index (χ1v) is 6.70. The van der Waals surface area contributed by atoms with Crippen molar-refractivity contribution in [3.63, 3.8) is 0 Å². The summed E-state index contributed by atoms with van der Waals surface area (Å²) in [5.41, 5.74) is -0.822. The van der Waals surface area contributed by atoms with E-state index in [0.29, 0.717) is 0 Å². The van der Waals surface area contributed by atoms with Crippen LogP contribution in [0.15, 0.2) is 12.3 Å². The van der Waals surface area contributed by atoms with Crippen LogP contribution in [-0.2, 0) is 4.74 Å². The molecule has 2 nitrogen and oxygen atoms in total. The Morgan fingerprint density at radius 2 is 1.76 bits per heavy atom. The van der Waals surface area contributed by atoms with Crippen molar-refractivity contribution in [3.8, 4) is 11.8 Å². The van der Waals surface area contributed by atoms with E-state index in [4.69, 9.17) is 4.74 Å². The molecule has 0 bridgehead atoms. The van der Waals surface area contributed by atoms with Gasteiger partial charge in [0, 0.05) is 6.08 Å². The molecule has 0 saturated carbocycles. The predicted molar refractivity (Wildman–Crippen MR) is 72.5 cm³/mol. The lowest BCUT2D eigenvalue weighted by Gasteiger charge is -2.20. The summed E-state index contributed by atoms with van der Waals surface area (Å²) in [6, 6.07) is 0. The SMILES string of the molecule is CCCCOC=CC#CC(O)(CCC)CCC. The Labute approximate surface area is 106 Å². The van der Waals surface area contributed by atoms with Gasteiger partial charge in [0.15, 0.2) is 0 Å². The minimum atomic E-state index is -0.822. The zero-order chi connectivity index (χ0) is 13.0. The minimum absolute atomic E-state index is 0.734. The summed E-state index contributed by atoms with van der Waals surface area (Å²) < 4.78 is 5.24. The molecule has 0 unspecified atom stereocenters. The van der Waals surface area contributed by atoms with Gasteiger partial charge < -0.3 is 9.84 Å². The molecule has 17 heavy (non-hydrogen) atoms. The summed E-state index contributed by atoms with van der Waals surface area (Å²) in [7, 11) is 0. The second-order valence-electron chi connectivity index (χ2n) is 4.33. The van der Waals surface area contributed by atoms with Crippen LogP contribution >= 0.6 is 0 Å². The van der Waals surface area contributed by atoms with Crippen LogP contribution in [0.4, 0.5) is 0 Å². The topological polar surface area (TPSA) is 29.5 Å². The van der Waals surface area contributed by atoms with Crippen LogP contribution in [0.5, 0.6) is 0 Å². The van der Waals surface area contributed by atoms with Crippen molar-refractivity contribution in [2.45, 2.75) is 64.9 Å². The Hall–Kier alpha value is -0.940. The van der Waals surface area contributed by atoms with E-state index >= 15 is 0 Å². The van der Waals surface area contributed by atoms with Crippen molar-refractivity contribution >= 4 is 0 Å². The zero-order valence-electron chi connectivity index (χ0n) is 11.5. The third-order valence-corrected chi connectivity index (χ3v) is 2.50. The van der Waals surface area contributed by atoms with Crippen LogP contribution in [0.25, 0.3) is 0 Å². The number of hydrogen-bond acceptors (Lipinski definition) is 2. The lowest BCUT2D eigenvalue weighted by atomic mass is 9.93. The van der Waals surface area contributed by atoms with Gasteiger partial charge >= 0.3 is 0 Å². The molecule has 0 heterocycles. The molecular formula is C15H26O2. The number of rotatable bonds is 8. The fourth-order valence-electron chi connectivity index (χ4n) is 1.63. The highest BCUT2D eigenvalue weighted by molar-refractivity contribution is 5.21. The van der Waals surface area contributed by atoms with Crippen molar-refractivity contribution in [2.24, 2.45) is 0 Å². The van der Waals surface area contributed by atoms with Gasteiger partial charge in [-0.05, 0) is 19.3 Å². The number of aliphatic hydroxyl groups is 1. The molecule has 1 N–H and O–H groups in total. The van der Waals surface area contributed by atoms with E-state index in [2.05, 4.69) is 32.6 Å². The molecule has 0 aliphatic carbocycles. The fraction of sp³-hybridized carbons (Fsp3) is 0.733. The summed E-state index contributed by atoms with van der Waals surface area (Å²) in [6.07, 6.45) is 8.84. The van der Waals surface area contributed by atoms with Crippen molar-refractivity contribution in [1.82, 2.24) is 0 Å². The van der Waals surface area contributed by atoms with Gasteiger partial charge in [-0.3, -0.25) is 0 Å². The standard InChI is InChI=1S/C15H26O2/c1-4-7-13-17-14-9-8-12-15(16,10-5-2)11-6-3/h9,14,16H,4-7,10-11,13H2,1-3H3. The first kappa shape index (κ1) is 16.1. The Morgan fingerprint density at radius 3 is 2.29 bits per heavy atom. The summed E-state index contributed by atoms with van der Waals surface area (Å²) in [4.78, 5) is 0. The molecular weight excluding hydrogens is 212 g/mol. The van der Waals surface area contributed by atoms with Crippen molar-refractivity contribution in [2.75, 3.05) is 6.61 Å². The van der Waals surface area contributed by atoms with Crippen LogP contribution in [0.2, 0.25) is 0 Å². The van der Waals surface area contributed by atoms with Gasteiger partial charge in [0.05, 0.1) is 12.9 Å².